The predicted molar refractivity (Wildman–Crippen MR) is 76.3 cm³/mol. The van der Waals surface area contributed by atoms with Crippen molar-refractivity contribution >= 4 is 0 Å². The first-order valence-corrected chi connectivity index (χ1v) is 7.30. The first-order valence-electron chi connectivity index (χ1n) is 7.30. The molecule has 0 aromatic carbocycles. The summed E-state index contributed by atoms with van der Waals surface area (Å²) < 4.78 is 7.70. The molecule has 5 nitrogen and oxygen atoms in total. The van der Waals surface area contributed by atoms with Gasteiger partial charge in [0.15, 0.2) is 0 Å². The molecule has 5 heteroatoms. The molecule has 1 atom stereocenters. The summed E-state index contributed by atoms with van der Waals surface area (Å²) in [7, 11) is 2.06. The second-order valence-electron chi connectivity index (χ2n) is 5.17. The Bertz CT molecular complexity index is 366. The molecular weight excluding hydrogens is 240 g/mol. The van der Waals surface area contributed by atoms with E-state index in [9.17, 15) is 0 Å². The van der Waals surface area contributed by atoms with Crippen LogP contribution in [0.15, 0.2) is 12.4 Å². The number of hydrogen-bond acceptors (Lipinski definition) is 4. The fourth-order valence-electron chi connectivity index (χ4n) is 2.50. The van der Waals surface area contributed by atoms with Crippen molar-refractivity contribution in [2.24, 2.45) is 7.05 Å². The molecule has 0 amide bonds. The van der Waals surface area contributed by atoms with Gasteiger partial charge in [-0.2, -0.15) is 0 Å². The zero-order valence-corrected chi connectivity index (χ0v) is 12.1. The van der Waals surface area contributed by atoms with Gasteiger partial charge in [-0.15, -0.1) is 0 Å². The van der Waals surface area contributed by atoms with E-state index in [1.165, 1.54) is 6.42 Å². The summed E-state index contributed by atoms with van der Waals surface area (Å²) in [6.07, 6.45) is 6.07. The molecule has 108 valence electrons. The fraction of sp³-hybridized carbons (Fsp3) is 0.786. The first-order chi connectivity index (χ1) is 9.31. The maximum absolute atomic E-state index is 5.60. The molecule has 0 bridgehead atoms. The van der Waals surface area contributed by atoms with Gasteiger partial charge >= 0.3 is 0 Å². The monoisotopic (exact) mass is 266 g/mol. The molecule has 1 aliphatic heterocycles. The van der Waals surface area contributed by atoms with Crippen LogP contribution in [0.25, 0.3) is 0 Å². The smallest absolute Gasteiger partial charge is 0.109 e. The molecule has 2 heterocycles. The van der Waals surface area contributed by atoms with Crippen molar-refractivity contribution in [3.05, 3.63) is 18.2 Å². The third-order valence-corrected chi connectivity index (χ3v) is 3.70. The van der Waals surface area contributed by atoms with Crippen molar-refractivity contribution in [2.75, 3.05) is 39.4 Å². The number of morpholine rings is 1. The molecule has 19 heavy (non-hydrogen) atoms. The number of aryl methyl sites for hydroxylation is 1. The molecule has 1 N–H and O–H groups in total. The highest BCUT2D eigenvalue weighted by molar-refractivity contribution is 4.92. The third-order valence-electron chi connectivity index (χ3n) is 3.70. The molecule has 0 spiro atoms. The summed E-state index contributed by atoms with van der Waals surface area (Å²) in [5.41, 5.74) is 0. The van der Waals surface area contributed by atoms with Crippen LogP contribution in [0.2, 0.25) is 0 Å². The maximum Gasteiger partial charge on any atom is 0.109 e. The van der Waals surface area contributed by atoms with Gasteiger partial charge in [0.2, 0.25) is 0 Å². The minimum Gasteiger partial charge on any atom is -0.378 e. The zero-order valence-electron chi connectivity index (χ0n) is 12.1. The standard InChI is InChI=1S/C14H26N4O/c1-3-5-15-11-13-12-19-10-9-18(13)7-4-14-16-6-8-17(14)2/h6,8,13,15H,3-5,7,9-12H2,1-2H3. The molecule has 1 aliphatic rings. The first kappa shape index (κ1) is 14.5. The Morgan fingerprint density at radius 2 is 2.42 bits per heavy atom. The van der Waals surface area contributed by atoms with Crippen molar-refractivity contribution in [1.82, 2.24) is 19.8 Å². The highest BCUT2D eigenvalue weighted by Gasteiger charge is 2.22. The lowest BCUT2D eigenvalue weighted by Gasteiger charge is -2.35. The Labute approximate surface area is 116 Å². The Morgan fingerprint density at radius 3 is 3.16 bits per heavy atom. The quantitative estimate of drug-likeness (QED) is 0.736. The molecule has 1 aromatic rings. The van der Waals surface area contributed by atoms with Gasteiger partial charge in [0.05, 0.1) is 13.2 Å². The Hall–Kier alpha value is -0.910. The summed E-state index contributed by atoms with van der Waals surface area (Å²) in [5, 5.41) is 3.50. The van der Waals surface area contributed by atoms with Crippen molar-refractivity contribution < 1.29 is 4.74 Å². The van der Waals surface area contributed by atoms with E-state index in [1.54, 1.807) is 0 Å². The highest BCUT2D eigenvalue weighted by Crippen LogP contribution is 2.08. The fourth-order valence-corrected chi connectivity index (χ4v) is 2.50. The Balaban J connectivity index is 1.80. The van der Waals surface area contributed by atoms with Crippen LogP contribution in [0, 0.1) is 0 Å². The highest BCUT2D eigenvalue weighted by atomic mass is 16.5. The van der Waals surface area contributed by atoms with Gasteiger partial charge in [0, 0.05) is 51.5 Å². The van der Waals surface area contributed by atoms with E-state index >= 15 is 0 Å². The number of hydrogen-bond donors (Lipinski definition) is 1. The minimum atomic E-state index is 0.501. The molecule has 1 aromatic heterocycles. The third kappa shape index (κ3) is 4.30. The van der Waals surface area contributed by atoms with Crippen LogP contribution in [0.5, 0.6) is 0 Å². The van der Waals surface area contributed by atoms with Crippen LogP contribution in [-0.2, 0) is 18.2 Å². The second-order valence-corrected chi connectivity index (χ2v) is 5.17. The molecular formula is C14H26N4O. The average molecular weight is 266 g/mol. The largest absolute Gasteiger partial charge is 0.378 e. The number of ether oxygens (including phenoxy) is 1. The van der Waals surface area contributed by atoms with Crippen molar-refractivity contribution in [2.45, 2.75) is 25.8 Å². The van der Waals surface area contributed by atoms with Gasteiger partial charge in [0.25, 0.3) is 0 Å². The summed E-state index contributed by atoms with van der Waals surface area (Å²) in [6.45, 7) is 8.10. The maximum atomic E-state index is 5.60. The lowest BCUT2D eigenvalue weighted by Crippen LogP contribution is -2.51. The summed E-state index contributed by atoms with van der Waals surface area (Å²) in [4.78, 5) is 6.92. The van der Waals surface area contributed by atoms with Gasteiger partial charge in [-0.25, -0.2) is 4.98 Å². The van der Waals surface area contributed by atoms with Gasteiger partial charge in [-0.1, -0.05) is 6.92 Å². The number of imidazole rings is 1. The zero-order chi connectivity index (χ0) is 13.5. The van der Waals surface area contributed by atoms with E-state index < -0.39 is 0 Å². The molecule has 0 aliphatic carbocycles. The Kier molecular flexibility index (Phi) is 5.82. The minimum absolute atomic E-state index is 0.501. The number of nitrogens with one attached hydrogen (secondary N) is 1. The number of aromatic nitrogens is 2. The molecule has 1 unspecified atom stereocenters. The van der Waals surface area contributed by atoms with E-state index in [1.807, 2.05) is 12.4 Å². The normalized spacial score (nSPS) is 20.8. The molecule has 0 radical (unpaired) electrons. The molecule has 1 saturated heterocycles. The number of rotatable bonds is 7. The average Bonchev–Trinajstić information content (AvgIpc) is 2.83. The van der Waals surface area contributed by atoms with Crippen LogP contribution in [0.4, 0.5) is 0 Å². The summed E-state index contributed by atoms with van der Waals surface area (Å²) >= 11 is 0. The van der Waals surface area contributed by atoms with Crippen molar-refractivity contribution in [1.29, 1.82) is 0 Å². The van der Waals surface area contributed by atoms with Crippen LogP contribution in [0.3, 0.4) is 0 Å². The van der Waals surface area contributed by atoms with Gasteiger partial charge in [0.1, 0.15) is 5.82 Å². The number of nitrogens with zero attached hydrogens (tertiary/aromatic N) is 3. The Morgan fingerprint density at radius 1 is 1.53 bits per heavy atom. The van der Waals surface area contributed by atoms with Crippen molar-refractivity contribution in [3.8, 4) is 0 Å². The van der Waals surface area contributed by atoms with E-state index in [4.69, 9.17) is 4.74 Å². The topological polar surface area (TPSA) is 42.3 Å². The summed E-state index contributed by atoms with van der Waals surface area (Å²) in [5.74, 6) is 1.16. The lowest BCUT2D eigenvalue weighted by atomic mass is 10.2. The lowest BCUT2D eigenvalue weighted by molar-refractivity contribution is -0.00636. The van der Waals surface area contributed by atoms with E-state index in [0.717, 1.165) is 51.6 Å². The predicted octanol–water partition coefficient (Wildman–Crippen LogP) is 0.663. The van der Waals surface area contributed by atoms with E-state index in [0.29, 0.717) is 6.04 Å². The van der Waals surface area contributed by atoms with E-state index in [-0.39, 0.29) is 0 Å². The van der Waals surface area contributed by atoms with Gasteiger partial charge in [-0.05, 0) is 13.0 Å². The molecule has 1 fully saturated rings. The van der Waals surface area contributed by atoms with Gasteiger partial charge < -0.3 is 14.6 Å². The SMILES string of the molecule is CCCNCC1COCCN1CCc1nccn1C. The van der Waals surface area contributed by atoms with E-state index in [2.05, 4.69) is 33.7 Å². The molecule has 0 saturated carbocycles. The van der Waals surface area contributed by atoms with Crippen LogP contribution in [-0.4, -0.2) is 59.9 Å². The summed E-state index contributed by atoms with van der Waals surface area (Å²) in [6, 6.07) is 0.501. The van der Waals surface area contributed by atoms with Crippen molar-refractivity contribution in [3.63, 3.8) is 0 Å². The van der Waals surface area contributed by atoms with Crippen LogP contribution < -0.4 is 5.32 Å². The second kappa shape index (κ2) is 7.62. The molecule has 2 rings (SSSR count). The van der Waals surface area contributed by atoms with Crippen LogP contribution in [0.1, 0.15) is 19.2 Å². The van der Waals surface area contributed by atoms with Crippen LogP contribution >= 0.6 is 0 Å². The van der Waals surface area contributed by atoms with Gasteiger partial charge in [-0.3, -0.25) is 4.90 Å².